The van der Waals surface area contributed by atoms with E-state index in [2.05, 4.69) is 25.2 Å². The van der Waals surface area contributed by atoms with E-state index in [0.29, 0.717) is 12.1 Å². The van der Waals surface area contributed by atoms with Gasteiger partial charge in [0.25, 0.3) is 0 Å². The topological polar surface area (TPSA) is 45.0 Å². The number of nitrogens with one attached hydrogen (secondary N) is 1. The Labute approximate surface area is 99.2 Å². The molecule has 1 rings (SSSR count). The molecule has 3 heteroatoms. The number of hydrogen-bond donors (Lipinski definition) is 1. The van der Waals surface area contributed by atoms with Gasteiger partial charge in [-0.05, 0) is 52.9 Å². The maximum absolute atomic E-state index is 9.15. The van der Waals surface area contributed by atoms with E-state index in [4.69, 9.17) is 10.00 Å². The Balaban J connectivity index is 2.14. The highest BCUT2D eigenvalue weighted by atomic mass is 16.5. The number of nitrogens with zero attached hydrogens (tertiary/aromatic N) is 1. The van der Waals surface area contributed by atoms with Gasteiger partial charge in [0.05, 0.1) is 12.2 Å². The average Bonchev–Trinajstić information content (AvgIpc) is 2.13. The van der Waals surface area contributed by atoms with Gasteiger partial charge in [-0.1, -0.05) is 0 Å². The van der Waals surface area contributed by atoms with Gasteiger partial charge in [-0.2, -0.15) is 5.26 Å². The van der Waals surface area contributed by atoms with Crippen molar-refractivity contribution in [2.75, 3.05) is 6.61 Å². The summed E-state index contributed by atoms with van der Waals surface area (Å²) in [5.41, 5.74) is -0.406. The van der Waals surface area contributed by atoms with Gasteiger partial charge in [0, 0.05) is 12.6 Å². The summed E-state index contributed by atoms with van der Waals surface area (Å²) >= 11 is 0. The van der Waals surface area contributed by atoms with E-state index in [1.165, 1.54) is 19.3 Å². The lowest BCUT2D eigenvalue weighted by atomic mass is 9.95. The zero-order valence-corrected chi connectivity index (χ0v) is 10.8. The van der Waals surface area contributed by atoms with Gasteiger partial charge >= 0.3 is 0 Å². The molecule has 0 bridgehead atoms. The van der Waals surface area contributed by atoms with Crippen LogP contribution in [-0.2, 0) is 4.74 Å². The van der Waals surface area contributed by atoms with Gasteiger partial charge < -0.3 is 4.74 Å². The van der Waals surface area contributed by atoms with E-state index < -0.39 is 5.54 Å². The van der Waals surface area contributed by atoms with Crippen molar-refractivity contribution in [3.05, 3.63) is 0 Å². The van der Waals surface area contributed by atoms with Gasteiger partial charge in [0.2, 0.25) is 0 Å². The Kier molecular flexibility index (Phi) is 5.24. The molecule has 0 spiro atoms. The SMILES string of the molecule is CC(C)NC(C)(C#N)CCCOC1CCC1. The van der Waals surface area contributed by atoms with Crippen LogP contribution in [0.3, 0.4) is 0 Å². The first-order chi connectivity index (χ1) is 7.56. The normalized spacial score (nSPS) is 20.2. The molecule has 1 atom stereocenters. The van der Waals surface area contributed by atoms with Gasteiger partial charge in [-0.25, -0.2) is 0 Å². The summed E-state index contributed by atoms with van der Waals surface area (Å²) in [6.45, 7) is 6.90. The first-order valence-electron chi connectivity index (χ1n) is 6.36. The molecular formula is C13H24N2O. The van der Waals surface area contributed by atoms with Gasteiger partial charge in [0.15, 0.2) is 0 Å². The monoisotopic (exact) mass is 224 g/mol. The fourth-order valence-electron chi connectivity index (χ4n) is 2.01. The quantitative estimate of drug-likeness (QED) is 0.676. The second-order valence-corrected chi connectivity index (χ2v) is 5.27. The fraction of sp³-hybridized carbons (Fsp3) is 0.923. The zero-order valence-electron chi connectivity index (χ0n) is 10.8. The van der Waals surface area contributed by atoms with Crippen molar-refractivity contribution in [3.8, 4) is 6.07 Å². The molecule has 1 unspecified atom stereocenters. The maximum atomic E-state index is 9.15. The zero-order chi connectivity index (χ0) is 12.0. The minimum absolute atomic E-state index is 0.345. The van der Waals surface area contributed by atoms with E-state index in [0.717, 1.165) is 19.4 Å². The molecule has 0 aliphatic heterocycles. The van der Waals surface area contributed by atoms with E-state index >= 15 is 0 Å². The van der Waals surface area contributed by atoms with Crippen molar-refractivity contribution in [1.82, 2.24) is 5.32 Å². The third-order valence-electron chi connectivity index (χ3n) is 3.08. The van der Waals surface area contributed by atoms with Crippen molar-refractivity contribution in [2.45, 2.75) is 70.6 Å². The second kappa shape index (κ2) is 6.22. The molecular weight excluding hydrogens is 200 g/mol. The molecule has 1 saturated carbocycles. The van der Waals surface area contributed by atoms with Crippen LogP contribution in [0.2, 0.25) is 0 Å². The molecule has 3 nitrogen and oxygen atoms in total. The summed E-state index contributed by atoms with van der Waals surface area (Å²) in [7, 11) is 0. The van der Waals surface area contributed by atoms with Crippen molar-refractivity contribution in [2.24, 2.45) is 0 Å². The molecule has 16 heavy (non-hydrogen) atoms. The average molecular weight is 224 g/mol. The molecule has 1 aliphatic carbocycles. The Morgan fingerprint density at radius 1 is 1.50 bits per heavy atom. The number of rotatable bonds is 7. The summed E-state index contributed by atoms with van der Waals surface area (Å²) in [4.78, 5) is 0. The smallest absolute Gasteiger partial charge is 0.104 e. The predicted molar refractivity (Wildman–Crippen MR) is 65.1 cm³/mol. The first kappa shape index (κ1) is 13.5. The lowest BCUT2D eigenvalue weighted by Gasteiger charge is -2.28. The van der Waals surface area contributed by atoms with E-state index in [-0.39, 0.29) is 0 Å². The van der Waals surface area contributed by atoms with Crippen LogP contribution < -0.4 is 5.32 Å². The van der Waals surface area contributed by atoms with Crippen molar-refractivity contribution < 1.29 is 4.74 Å². The maximum Gasteiger partial charge on any atom is 0.104 e. The highest BCUT2D eigenvalue weighted by molar-refractivity contribution is 5.04. The lowest BCUT2D eigenvalue weighted by molar-refractivity contribution is -0.000666. The number of hydrogen-bond acceptors (Lipinski definition) is 3. The molecule has 0 radical (unpaired) electrons. The molecule has 0 aromatic heterocycles. The Morgan fingerprint density at radius 3 is 2.62 bits per heavy atom. The molecule has 0 aromatic carbocycles. The Bertz CT molecular complexity index is 243. The van der Waals surface area contributed by atoms with Crippen LogP contribution in [-0.4, -0.2) is 24.3 Å². The molecule has 0 saturated heterocycles. The largest absolute Gasteiger partial charge is 0.378 e. The van der Waals surface area contributed by atoms with E-state index in [9.17, 15) is 0 Å². The molecule has 1 aliphatic rings. The van der Waals surface area contributed by atoms with Crippen LogP contribution in [0.1, 0.15) is 52.9 Å². The fourth-order valence-corrected chi connectivity index (χ4v) is 2.01. The van der Waals surface area contributed by atoms with Crippen LogP contribution in [0.15, 0.2) is 0 Å². The molecule has 0 amide bonds. The molecule has 92 valence electrons. The first-order valence-corrected chi connectivity index (χ1v) is 6.36. The lowest BCUT2D eigenvalue weighted by Crippen LogP contribution is -2.45. The van der Waals surface area contributed by atoms with E-state index in [1.807, 2.05) is 6.92 Å². The van der Waals surface area contributed by atoms with Gasteiger partial charge in [-0.3, -0.25) is 5.32 Å². The van der Waals surface area contributed by atoms with Gasteiger partial charge in [-0.15, -0.1) is 0 Å². The Hall–Kier alpha value is -0.590. The highest BCUT2D eigenvalue weighted by Gasteiger charge is 2.24. The standard InChI is InChI=1S/C13H24N2O/c1-11(2)15-13(3,10-14)8-5-9-16-12-6-4-7-12/h11-12,15H,4-9H2,1-3H3. The highest BCUT2D eigenvalue weighted by Crippen LogP contribution is 2.22. The third kappa shape index (κ3) is 4.51. The minimum atomic E-state index is -0.406. The molecule has 1 N–H and O–H groups in total. The van der Waals surface area contributed by atoms with E-state index in [1.54, 1.807) is 0 Å². The number of ether oxygens (including phenoxy) is 1. The van der Waals surface area contributed by atoms with Crippen LogP contribution in [0.25, 0.3) is 0 Å². The summed E-state index contributed by atoms with van der Waals surface area (Å²) in [5, 5.41) is 12.5. The minimum Gasteiger partial charge on any atom is -0.378 e. The predicted octanol–water partition coefficient (Wildman–Crippen LogP) is 2.62. The molecule has 0 heterocycles. The van der Waals surface area contributed by atoms with Crippen LogP contribution in [0.4, 0.5) is 0 Å². The van der Waals surface area contributed by atoms with Crippen molar-refractivity contribution in [1.29, 1.82) is 5.26 Å². The second-order valence-electron chi connectivity index (χ2n) is 5.27. The van der Waals surface area contributed by atoms with Crippen LogP contribution in [0.5, 0.6) is 0 Å². The summed E-state index contributed by atoms with van der Waals surface area (Å²) in [5.74, 6) is 0. The Morgan fingerprint density at radius 2 is 2.19 bits per heavy atom. The molecule has 1 fully saturated rings. The van der Waals surface area contributed by atoms with Crippen molar-refractivity contribution in [3.63, 3.8) is 0 Å². The van der Waals surface area contributed by atoms with Crippen molar-refractivity contribution >= 4 is 0 Å². The van der Waals surface area contributed by atoms with Gasteiger partial charge in [0.1, 0.15) is 5.54 Å². The third-order valence-corrected chi connectivity index (χ3v) is 3.08. The number of nitriles is 1. The van der Waals surface area contributed by atoms with Crippen LogP contribution in [0, 0.1) is 11.3 Å². The summed E-state index contributed by atoms with van der Waals surface area (Å²) in [6, 6.07) is 2.70. The van der Waals surface area contributed by atoms with Crippen LogP contribution >= 0.6 is 0 Å². The molecule has 0 aromatic rings. The summed E-state index contributed by atoms with van der Waals surface area (Å²) in [6.07, 6.45) is 6.08. The summed E-state index contributed by atoms with van der Waals surface area (Å²) < 4.78 is 5.69.